The van der Waals surface area contributed by atoms with Gasteiger partial charge in [0, 0.05) is 25.7 Å². The fourth-order valence-corrected chi connectivity index (χ4v) is 4.00. The molecule has 1 aromatic carbocycles. The van der Waals surface area contributed by atoms with Crippen molar-refractivity contribution in [2.24, 2.45) is 18.7 Å². The number of aryl methyl sites for hydroxylation is 1. The first-order valence-corrected chi connectivity index (χ1v) is 10.3. The molecule has 1 atom stereocenters. The van der Waals surface area contributed by atoms with E-state index in [2.05, 4.69) is 20.3 Å². The molecule has 1 aliphatic heterocycles. The van der Waals surface area contributed by atoms with Crippen LogP contribution in [-0.2, 0) is 7.05 Å². The summed E-state index contributed by atoms with van der Waals surface area (Å²) in [5.74, 6) is 0.329. The van der Waals surface area contributed by atoms with Crippen LogP contribution in [0.3, 0.4) is 0 Å². The van der Waals surface area contributed by atoms with E-state index in [9.17, 15) is 9.18 Å². The Labute approximate surface area is 180 Å². The van der Waals surface area contributed by atoms with Gasteiger partial charge in [0.05, 0.1) is 17.6 Å². The molecule has 4 rings (SSSR count). The van der Waals surface area contributed by atoms with Gasteiger partial charge in [-0.05, 0) is 49.6 Å². The van der Waals surface area contributed by atoms with Gasteiger partial charge >= 0.3 is 0 Å². The Morgan fingerprint density at radius 2 is 2.10 bits per heavy atom. The van der Waals surface area contributed by atoms with Crippen LogP contribution in [0.25, 0.3) is 11.3 Å². The minimum absolute atomic E-state index is 0.0361. The van der Waals surface area contributed by atoms with Crippen molar-refractivity contribution in [1.29, 1.82) is 0 Å². The number of piperidine rings is 1. The highest BCUT2D eigenvalue weighted by Gasteiger charge is 2.25. The van der Waals surface area contributed by atoms with Gasteiger partial charge in [0.1, 0.15) is 11.5 Å². The van der Waals surface area contributed by atoms with Gasteiger partial charge in [-0.2, -0.15) is 5.10 Å². The SMILES string of the molecule is Cn1ncc(NC(=O)c2nc(-c3ccccc3F)ccc2N)c1N1CCC[C@@H](CN)C1. The number of rotatable bonds is 5. The molecule has 2 aromatic heterocycles. The maximum atomic E-state index is 14.2. The van der Waals surface area contributed by atoms with Crippen molar-refractivity contribution in [3.63, 3.8) is 0 Å². The number of benzene rings is 1. The molecule has 0 radical (unpaired) electrons. The number of hydrogen-bond acceptors (Lipinski definition) is 6. The van der Waals surface area contributed by atoms with Crippen molar-refractivity contribution in [3.05, 3.63) is 54.1 Å². The third kappa shape index (κ3) is 4.22. The number of amides is 1. The molecule has 1 amide bonds. The average molecular weight is 423 g/mol. The molecule has 0 saturated carbocycles. The van der Waals surface area contributed by atoms with Crippen LogP contribution in [0, 0.1) is 11.7 Å². The first-order chi connectivity index (χ1) is 15.0. The van der Waals surface area contributed by atoms with Crippen LogP contribution in [0.15, 0.2) is 42.6 Å². The third-order valence-corrected chi connectivity index (χ3v) is 5.60. The van der Waals surface area contributed by atoms with Crippen molar-refractivity contribution in [2.75, 3.05) is 35.6 Å². The summed E-state index contributed by atoms with van der Waals surface area (Å²) in [5, 5.41) is 7.20. The lowest BCUT2D eigenvalue weighted by Gasteiger charge is -2.34. The van der Waals surface area contributed by atoms with E-state index in [-0.39, 0.29) is 11.4 Å². The molecule has 3 aromatic rings. The van der Waals surface area contributed by atoms with Crippen molar-refractivity contribution >= 4 is 23.1 Å². The number of hydrogen-bond donors (Lipinski definition) is 3. The number of anilines is 3. The van der Waals surface area contributed by atoms with Crippen molar-refractivity contribution in [2.45, 2.75) is 12.8 Å². The predicted octanol–water partition coefficient (Wildman–Crippen LogP) is 2.63. The van der Waals surface area contributed by atoms with E-state index in [1.807, 2.05) is 7.05 Å². The van der Waals surface area contributed by atoms with E-state index in [4.69, 9.17) is 11.5 Å². The summed E-state index contributed by atoms with van der Waals surface area (Å²) < 4.78 is 15.9. The number of nitrogens with zero attached hydrogens (tertiary/aromatic N) is 4. The van der Waals surface area contributed by atoms with E-state index in [0.29, 0.717) is 29.4 Å². The second-order valence-electron chi connectivity index (χ2n) is 7.76. The molecule has 0 spiro atoms. The van der Waals surface area contributed by atoms with Gasteiger partial charge in [0.15, 0.2) is 11.5 Å². The standard InChI is InChI=1S/C22H26FN7O/c1-29-22(30-10-4-5-14(11-24)13-30)19(12-26-29)28-21(31)20-17(25)8-9-18(27-20)15-6-2-3-7-16(15)23/h2-3,6-9,12,14H,4-5,10-11,13,24-25H2,1H3,(H,28,31)/t14-/m0/s1. The quantitative estimate of drug-likeness (QED) is 0.581. The Balaban J connectivity index is 1.61. The zero-order valence-corrected chi connectivity index (χ0v) is 17.4. The zero-order chi connectivity index (χ0) is 22.0. The van der Waals surface area contributed by atoms with Crippen LogP contribution in [0.2, 0.25) is 0 Å². The molecular weight excluding hydrogens is 397 g/mol. The van der Waals surface area contributed by atoms with Crippen LogP contribution in [-0.4, -0.2) is 40.3 Å². The van der Waals surface area contributed by atoms with E-state index in [1.165, 1.54) is 6.07 Å². The Bertz CT molecular complexity index is 1100. The van der Waals surface area contributed by atoms with Gasteiger partial charge < -0.3 is 21.7 Å². The number of nitrogens with two attached hydrogens (primary N) is 2. The smallest absolute Gasteiger partial charge is 0.276 e. The third-order valence-electron chi connectivity index (χ3n) is 5.60. The van der Waals surface area contributed by atoms with Crippen LogP contribution in [0.5, 0.6) is 0 Å². The van der Waals surface area contributed by atoms with Gasteiger partial charge in [-0.3, -0.25) is 9.48 Å². The highest BCUT2D eigenvalue weighted by molar-refractivity contribution is 6.07. The number of pyridine rings is 1. The minimum atomic E-state index is -0.475. The molecule has 1 fully saturated rings. The molecule has 9 heteroatoms. The van der Waals surface area contributed by atoms with E-state index >= 15 is 0 Å². The number of halogens is 1. The lowest BCUT2D eigenvalue weighted by atomic mass is 9.98. The van der Waals surface area contributed by atoms with Crippen molar-refractivity contribution < 1.29 is 9.18 Å². The molecule has 1 saturated heterocycles. The van der Waals surface area contributed by atoms with Gasteiger partial charge in [0.2, 0.25) is 0 Å². The van der Waals surface area contributed by atoms with Gasteiger partial charge in [0.25, 0.3) is 5.91 Å². The summed E-state index contributed by atoms with van der Waals surface area (Å²) in [6, 6.07) is 9.43. The maximum Gasteiger partial charge on any atom is 0.276 e. The largest absolute Gasteiger partial charge is 0.397 e. The monoisotopic (exact) mass is 423 g/mol. The molecule has 31 heavy (non-hydrogen) atoms. The van der Waals surface area contributed by atoms with Crippen molar-refractivity contribution in [3.8, 4) is 11.3 Å². The maximum absolute atomic E-state index is 14.2. The molecule has 5 N–H and O–H groups in total. The number of aromatic nitrogens is 3. The van der Waals surface area contributed by atoms with Crippen LogP contribution in [0.4, 0.5) is 21.6 Å². The highest BCUT2D eigenvalue weighted by Crippen LogP contribution is 2.30. The molecule has 1 aliphatic rings. The van der Waals surface area contributed by atoms with E-state index in [1.54, 1.807) is 41.2 Å². The fourth-order valence-electron chi connectivity index (χ4n) is 4.00. The molecule has 0 aliphatic carbocycles. The highest BCUT2D eigenvalue weighted by atomic mass is 19.1. The number of carbonyl (C=O) groups is 1. The minimum Gasteiger partial charge on any atom is -0.397 e. The van der Waals surface area contributed by atoms with E-state index in [0.717, 1.165) is 31.7 Å². The summed E-state index contributed by atoms with van der Waals surface area (Å²) in [5.41, 5.74) is 13.4. The lowest BCUT2D eigenvalue weighted by Crippen LogP contribution is -2.39. The van der Waals surface area contributed by atoms with E-state index < -0.39 is 11.7 Å². The van der Waals surface area contributed by atoms with Gasteiger partial charge in [-0.25, -0.2) is 9.37 Å². The van der Waals surface area contributed by atoms with Gasteiger partial charge in [-0.15, -0.1) is 0 Å². The summed E-state index contributed by atoms with van der Waals surface area (Å²) >= 11 is 0. The van der Waals surface area contributed by atoms with Gasteiger partial charge in [-0.1, -0.05) is 12.1 Å². The first-order valence-electron chi connectivity index (χ1n) is 10.3. The molecule has 0 unspecified atom stereocenters. The fraction of sp³-hybridized carbons (Fsp3) is 0.318. The Hall–Kier alpha value is -3.46. The number of nitrogen functional groups attached to an aromatic ring is 1. The second kappa shape index (κ2) is 8.73. The summed E-state index contributed by atoms with van der Waals surface area (Å²) in [6.07, 6.45) is 3.73. The molecular formula is C22H26FN7O. The Morgan fingerprint density at radius 1 is 1.29 bits per heavy atom. The summed E-state index contributed by atoms with van der Waals surface area (Å²) in [4.78, 5) is 19.6. The molecule has 162 valence electrons. The van der Waals surface area contributed by atoms with Crippen LogP contribution < -0.4 is 21.7 Å². The molecule has 3 heterocycles. The topological polar surface area (TPSA) is 115 Å². The first kappa shape index (κ1) is 20.8. The Kier molecular flexibility index (Phi) is 5.85. The Morgan fingerprint density at radius 3 is 2.87 bits per heavy atom. The normalized spacial score (nSPS) is 16.4. The second-order valence-corrected chi connectivity index (χ2v) is 7.76. The molecule has 8 nitrogen and oxygen atoms in total. The number of carbonyl (C=O) groups excluding carboxylic acids is 1. The summed E-state index contributed by atoms with van der Waals surface area (Å²) in [7, 11) is 1.84. The lowest BCUT2D eigenvalue weighted by molar-refractivity contribution is 0.102. The van der Waals surface area contributed by atoms with Crippen molar-refractivity contribution in [1.82, 2.24) is 14.8 Å². The average Bonchev–Trinajstić information content (AvgIpc) is 3.14. The predicted molar refractivity (Wildman–Crippen MR) is 119 cm³/mol. The molecule has 0 bridgehead atoms. The zero-order valence-electron chi connectivity index (χ0n) is 17.4. The van der Waals surface area contributed by atoms with Crippen LogP contribution in [0.1, 0.15) is 23.3 Å². The summed E-state index contributed by atoms with van der Waals surface area (Å²) in [6.45, 7) is 2.30. The number of nitrogens with one attached hydrogen (secondary N) is 1. The van der Waals surface area contributed by atoms with Crippen LogP contribution >= 0.6 is 0 Å².